The average molecular weight is 345 g/mol. The summed E-state index contributed by atoms with van der Waals surface area (Å²) in [5, 5.41) is 0.265. The predicted molar refractivity (Wildman–Crippen MR) is 62.7 cm³/mol. The van der Waals surface area contributed by atoms with Crippen molar-refractivity contribution in [3.05, 3.63) is 28.8 Å². The van der Waals surface area contributed by atoms with Gasteiger partial charge in [-0.3, -0.25) is 4.79 Å². The van der Waals surface area contributed by atoms with Crippen LogP contribution in [0.3, 0.4) is 0 Å². The first-order valence-corrected chi connectivity index (χ1v) is 7.98. The van der Waals surface area contributed by atoms with Crippen molar-refractivity contribution in [3.8, 4) is 0 Å². The van der Waals surface area contributed by atoms with Crippen molar-refractivity contribution in [2.24, 2.45) is 0 Å². The van der Waals surface area contributed by atoms with E-state index in [1.54, 1.807) is 0 Å². The van der Waals surface area contributed by atoms with Crippen molar-refractivity contribution in [1.29, 1.82) is 0 Å². The Balaban J connectivity index is 3.42. The molecule has 0 atom stereocenters. The molecule has 0 unspecified atom stereocenters. The lowest BCUT2D eigenvalue weighted by atomic mass is 10.1. The number of hydrogen-bond donors (Lipinski definition) is 0. The van der Waals surface area contributed by atoms with E-state index in [2.05, 4.69) is 0 Å². The summed E-state index contributed by atoms with van der Waals surface area (Å²) in [6.45, 7) is 1.34. The summed E-state index contributed by atoms with van der Waals surface area (Å²) in [6.07, 6.45) is 0. The van der Waals surface area contributed by atoms with Crippen molar-refractivity contribution in [1.82, 2.24) is 0 Å². The number of benzene rings is 1. The summed E-state index contributed by atoms with van der Waals surface area (Å²) in [4.78, 5) is 11.2. The zero-order valence-electron chi connectivity index (χ0n) is 7.12. The van der Waals surface area contributed by atoms with Crippen molar-refractivity contribution in [3.63, 3.8) is 0 Å². The van der Waals surface area contributed by atoms with Crippen molar-refractivity contribution < 1.29 is 13.2 Å². The lowest BCUT2D eigenvalue weighted by molar-refractivity contribution is 0.101. The van der Waals surface area contributed by atoms with Gasteiger partial charge in [-0.05, 0) is 25.1 Å². The molecular weight excluding hydrogens is 339 g/mol. The van der Waals surface area contributed by atoms with E-state index in [-0.39, 0.29) is 21.3 Å². The molecule has 1 aromatic carbocycles. The van der Waals surface area contributed by atoms with Crippen LogP contribution in [0.1, 0.15) is 17.3 Å². The maximum Gasteiger partial charge on any atom is 0.231 e. The van der Waals surface area contributed by atoms with Crippen LogP contribution in [0.5, 0.6) is 0 Å². The number of carbonyl (C=O) groups excluding carboxylic acids is 1. The van der Waals surface area contributed by atoms with E-state index in [1.165, 1.54) is 46.3 Å². The van der Waals surface area contributed by atoms with Gasteiger partial charge < -0.3 is 0 Å². The molecule has 0 bridgehead atoms. The van der Waals surface area contributed by atoms with Gasteiger partial charge in [0.15, 0.2) is 5.78 Å². The van der Waals surface area contributed by atoms with Crippen LogP contribution >= 0.6 is 32.8 Å². The van der Waals surface area contributed by atoms with Gasteiger partial charge in [-0.1, -0.05) is 11.6 Å². The first kappa shape index (κ1) is 11.9. The van der Waals surface area contributed by atoms with Crippen LogP contribution in [0.2, 0.25) is 5.02 Å². The van der Waals surface area contributed by atoms with Gasteiger partial charge in [-0.2, -0.15) is 0 Å². The van der Waals surface area contributed by atoms with Crippen LogP contribution < -0.4 is 0 Å². The standard InChI is InChI=1S/C8H6ClIO3S/c1-5(11)7-4-6(14(10,12)13)2-3-8(7)9/h2-4H,1H3. The number of rotatable bonds is 2. The summed E-state index contributed by atoms with van der Waals surface area (Å²) >= 11 is 7.04. The fourth-order valence-corrected chi connectivity index (χ4v) is 2.49. The van der Waals surface area contributed by atoms with Crippen LogP contribution in [0.25, 0.3) is 0 Å². The molecule has 0 spiro atoms. The van der Waals surface area contributed by atoms with Crippen LogP contribution in [0.4, 0.5) is 0 Å². The van der Waals surface area contributed by atoms with E-state index >= 15 is 0 Å². The maximum atomic E-state index is 11.2. The molecule has 76 valence electrons. The smallest absolute Gasteiger partial charge is 0.231 e. The molecule has 14 heavy (non-hydrogen) atoms. The van der Waals surface area contributed by atoms with Gasteiger partial charge in [0, 0.05) is 5.56 Å². The monoisotopic (exact) mass is 344 g/mol. The molecule has 1 rings (SSSR count). The average Bonchev–Trinajstić information content (AvgIpc) is 2.02. The zero-order chi connectivity index (χ0) is 10.9. The Hall–Kier alpha value is -0.140. The second kappa shape index (κ2) is 4.16. The van der Waals surface area contributed by atoms with Gasteiger partial charge in [-0.25, -0.2) is 8.42 Å². The third kappa shape index (κ3) is 2.68. The van der Waals surface area contributed by atoms with E-state index < -0.39 is 7.01 Å². The van der Waals surface area contributed by atoms with Gasteiger partial charge in [-0.15, -0.1) is 0 Å². The molecule has 0 radical (unpaired) electrons. The van der Waals surface area contributed by atoms with E-state index in [0.29, 0.717) is 0 Å². The molecule has 3 nitrogen and oxygen atoms in total. The van der Waals surface area contributed by atoms with Gasteiger partial charge in [0.25, 0.3) is 0 Å². The Kier molecular flexibility index (Phi) is 3.54. The van der Waals surface area contributed by atoms with E-state index in [0.717, 1.165) is 0 Å². The number of Topliss-reactive ketones (excluding diaryl/α,β-unsaturated/α-hetero) is 1. The van der Waals surface area contributed by atoms with E-state index in [1.807, 2.05) is 0 Å². The number of hydrogen-bond acceptors (Lipinski definition) is 3. The van der Waals surface area contributed by atoms with Gasteiger partial charge >= 0.3 is 0 Å². The fourth-order valence-electron chi connectivity index (χ4n) is 0.926. The van der Waals surface area contributed by atoms with Gasteiger partial charge in [0.2, 0.25) is 7.01 Å². The molecule has 0 aliphatic heterocycles. The van der Waals surface area contributed by atoms with Gasteiger partial charge in [0.05, 0.1) is 31.1 Å². The molecule has 0 aliphatic carbocycles. The molecule has 6 heteroatoms. The van der Waals surface area contributed by atoms with Crippen molar-refractivity contribution in [2.75, 3.05) is 0 Å². The minimum absolute atomic E-state index is 0.0905. The molecule has 0 heterocycles. The number of ketones is 1. The number of halogens is 2. The predicted octanol–water partition coefficient (Wildman–Crippen LogP) is 2.67. The molecular formula is C8H6ClIO3S. The Morgan fingerprint density at radius 2 is 2.00 bits per heavy atom. The highest BCUT2D eigenvalue weighted by molar-refractivity contribution is 14.2. The molecule has 0 aromatic heterocycles. The summed E-state index contributed by atoms with van der Waals surface area (Å²) < 4.78 is 22.3. The first-order valence-electron chi connectivity index (χ1n) is 3.57. The second-order valence-electron chi connectivity index (χ2n) is 2.64. The molecule has 0 aliphatic rings. The zero-order valence-corrected chi connectivity index (χ0v) is 10.9. The number of carbonyl (C=O) groups is 1. The SMILES string of the molecule is CC(=O)c1cc(S(=O)(=O)I)ccc1Cl. The largest absolute Gasteiger partial charge is 0.294 e. The molecule has 0 N–H and O–H groups in total. The molecule has 1 aromatic rings. The highest BCUT2D eigenvalue weighted by Crippen LogP contribution is 2.24. The molecule has 0 saturated heterocycles. The molecule has 0 fully saturated rings. The lowest BCUT2D eigenvalue weighted by Gasteiger charge is -2.01. The third-order valence-electron chi connectivity index (χ3n) is 1.60. The lowest BCUT2D eigenvalue weighted by Crippen LogP contribution is -1.97. The summed E-state index contributed by atoms with van der Waals surface area (Å²) in [6, 6.07) is 4.06. The highest BCUT2D eigenvalue weighted by atomic mass is 127. The third-order valence-corrected chi connectivity index (χ3v) is 4.27. The second-order valence-corrected chi connectivity index (χ2v) is 7.87. The van der Waals surface area contributed by atoms with Crippen molar-refractivity contribution >= 4 is 45.6 Å². The van der Waals surface area contributed by atoms with Crippen LogP contribution in [0.15, 0.2) is 23.1 Å². The van der Waals surface area contributed by atoms with Crippen molar-refractivity contribution in [2.45, 2.75) is 11.8 Å². The Morgan fingerprint density at radius 1 is 1.43 bits per heavy atom. The summed E-state index contributed by atoms with van der Waals surface area (Å²) in [7, 11) is -3.32. The molecule has 0 saturated carbocycles. The topological polar surface area (TPSA) is 51.2 Å². The fraction of sp³-hybridized carbons (Fsp3) is 0.125. The minimum atomic E-state index is -3.32. The maximum absolute atomic E-state index is 11.2. The highest BCUT2D eigenvalue weighted by Gasteiger charge is 2.13. The Morgan fingerprint density at radius 3 is 2.43 bits per heavy atom. The first-order chi connectivity index (χ1) is 6.32. The molecule has 0 amide bonds. The van der Waals surface area contributed by atoms with Gasteiger partial charge in [0.1, 0.15) is 0 Å². The minimum Gasteiger partial charge on any atom is -0.294 e. The van der Waals surface area contributed by atoms with Crippen LogP contribution in [0, 0.1) is 0 Å². The summed E-state index contributed by atoms with van der Waals surface area (Å²) in [5.41, 5.74) is 0.226. The Bertz CT molecular complexity index is 481. The van der Waals surface area contributed by atoms with Crippen LogP contribution in [-0.2, 0) is 7.01 Å². The Labute approximate surface area is 99.0 Å². The van der Waals surface area contributed by atoms with E-state index in [4.69, 9.17) is 11.6 Å². The normalized spacial score (nSPS) is 11.4. The van der Waals surface area contributed by atoms with Crippen LogP contribution in [-0.4, -0.2) is 14.2 Å². The van der Waals surface area contributed by atoms with E-state index in [9.17, 15) is 13.2 Å². The summed E-state index contributed by atoms with van der Waals surface area (Å²) in [5.74, 6) is -0.253. The quantitative estimate of drug-likeness (QED) is 0.471.